The molecule has 1 atom stereocenters. The second kappa shape index (κ2) is 6.42. The monoisotopic (exact) mass is 381 g/mol. The van der Waals surface area contributed by atoms with Gasteiger partial charge < -0.3 is 11.1 Å². The van der Waals surface area contributed by atoms with Gasteiger partial charge in [0, 0.05) is 5.54 Å². The van der Waals surface area contributed by atoms with E-state index in [9.17, 15) is 9.59 Å². The fourth-order valence-corrected chi connectivity index (χ4v) is 7.00. The molecule has 4 saturated carbocycles. The molecule has 0 spiro atoms. The van der Waals surface area contributed by atoms with Gasteiger partial charge in [-0.05, 0) is 63.2 Å². The van der Waals surface area contributed by atoms with Crippen molar-refractivity contribution in [2.24, 2.45) is 17.8 Å². The van der Waals surface area contributed by atoms with Gasteiger partial charge in [-0.25, -0.2) is 4.79 Å². The van der Waals surface area contributed by atoms with Gasteiger partial charge in [0.05, 0.1) is 5.25 Å². The molecule has 1 aromatic heterocycles. The molecule has 4 aliphatic carbocycles. The van der Waals surface area contributed by atoms with Crippen LogP contribution in [0.4, 0.5) is 9.93 Å². The van der Waals surface area contributed by atoms with E-state index in [4.69, 9.17) is 5.73 Å². The third kappa shape index (κ3) is 3.62. The van der Waals surface area contributed by atoms with Crippen LogP contribution in [0, 0.1) is 17.8 Å². The van der Waals surface area contributed by atoms with E-state index in [0.29, 0.717) is 9.47 Å². The molecule has 0 aliphatic heterocycles. The van der Waals surface area contributed by atoms with Gasteiger partial charge in [-0.2, -0.15) is 0 Å². The highest BCUT2D eigenvalue weighted by atomic mass is 32.2. The van der Waals surface area contributed by atoms with E-state index in [1.807, 2.05) is 0 Å². The first kappa shape index (κ1) is 17.1. The van der Waals surface area contributed by atoms with Crippen LogP contribution < -0.4 is 16.4 Å². The van der Waals surface area contributed by atoms with Crippen LogP contribution >= 0.6 is 23.1 Å². The molecule has 25 heavy (non-hydrogen) atoms. The van der Waals surface area contributed by atoms with Crippen LogP contribution in [0.5, 0.6) is 0 Å². The fourth-order valence-electron chi connectivity index (χ4n) is 5.22. The predicted octanol–water partition coefficient (Wildman–Crippen LogP) is 2.40. The van der Waals surface area contributed by atoms with Gasteiger partial charge in [-0.3, -0.25) is 10.1 Å². The van der Waals surface area contributed by atoms with E-state index in [0.717, 1.165) is 37.0 Å². The number of anilines is 1. The molecule has 1 unspecified atom stereocenters. The van der Waals surface area contributed by atoms with Crippen molar-refractivity contribution in [1.29, 1.82) is 0 Å². The molecule has 4 aliphatic rings. The number of rotatable bonds is 4. The third-order valence-corrected chi connectivity index (χ3v) is 7.66. The molecule has 1 heterocycles. The molecule has 5 rings (SSSR count). The Kier molecular flexibility index (Phi) is 4.39. The number of hydrogen-bond donors (Lipinski definition) is 3. The van der Waals surface area contributed by atoms with Gasteiger partial charge in [0.1, 0.15) is 0 Å². The minimum absolute atomic E-state index is 0.0941. The molecule has 0 saturated heterocycles. The zero-order valence-electron chi connectivity index (χ0n) is 14.2. The normalized spacial score (nSPS) is 33.9. The van der Waals surface area contributed by atoms with Crippen LogP contribution in [-0.4, -0.2) is 32.9 Å². The average Bonchev–Trinajstić information content (AvgIpc) is 2.90. The Labute approximate surface area is 154 Å². The van der Waals surface area contributed by atoms with Crippen LogP contribution in [-0.2, 0) is 4.79 Å². The molecule has 4 N–H and O–H groups in total. The molecule has 9 heteroatoms. The number of carbonyl (C=O) groups excluding carboxylic acids is 2. The highest BCUT2D eigenvalue weighted by Crippen LogP contribution is 2.55. The maximum atomic E-state index is 12.4. The molecule has 3 amide bonds. The number of nitrogens with one attached hydrogen (secondary N) is 2. The summed E-state index contributed by atoms with van der Waals surface area (Å²) in [5, 5.41) is 13.2. The lowest BCUT2D eigenvalue weighted by Gasteiger charge is -2.56. The molecule has 136 valence electrons. The number of nitrogens with zero attached hydrogens (tertiary/aromatic N) is 2. The molecular formula is C16H23N5O2S2. The van der Waals surface area contributed by atoms with Crippen molar-refractivity contribution in [2.75, 3.05) is 5.73 Å². The maximum absolute atomic E-state index is 12.4. The van der Waals surface area contributed by atoms with Crippen LogP contribution in [0.2, 0.25) is 0 Å². The first-order valence-electron chi connectivity index (χ1n) is 8.79. The van der Waals surface area contributed by atoms with E-state index in [1.165, 1.54) is 42.4 Å². The van der Waals surface area contributed by atoms with Crippen molar-refractivity contribution in [3.8, 4) is 0 Å². The Bertz CT molecular complexity index is 657. The summed E-state index contributed by atoms with van der Waals surface area (Å²) in [5.41, 5.74) is 5.45. The third-order valence-electron chi connectivity index (χ3n) is 5.72. The summed E-state index contributed by atoms with van der Waals surface area (Å²) < 4.78 is 0.627. The Morgan fingerprint density at radius 1 is 1.20 bits per heavy atom. The number of carbonyl (C=O) groups is 2. The summed E-state index contributed by atoms with van der Waals surface area (Å²) in [6, 6.07) is -0.365. The number of amides is 3. The predicted molar refractivity (Wildman–Crippen MR) is 97.2 cm³/mol. The Hall–Kier alpha value is -1.35. The summed E-state index contributed by atoms with van der Waals surface area (Å²) in [4.78, 5) is 24.7. The highest BCUT2D eigenvalue weighted by Gasteiger charge is 2.51. The van der Waals surface area contributed by atoms with Gasteiger partial charge in [0.15, 0.2) is 4.34 Å². The van der Waals surface area contributed by atoms with Gasteiger partial charge in [0.25, 0.3) is 0 Å². The number of imide groups is 1. The number of nitrogens with two attached hydrogens (primary N) is 1. The van der Waals surface area contributed by atoms with Gasteiger partial charge in [0.2, 0.25) is 11.0 Å². The molecule has 1 aromatic rings. The standard InChI is InChI=1S/C16H23N5O2S2/c1-8(24-15-21-20-13(17)25-15)12(22)18-14(23)19-16-5-9-2-10(6-16)4-11(3-9)7-16/h8-11H,2-7H2,1H3,(H2,17,20)(H2,18,19,22,23). The van der Waals surface area contributed by atoms with Crippen molar-refractivity contribution in [3.63, 3.8) is 0 Å². The summed E-state index contributed by atoms with van der Waals surface area (Å²) in [5.74, 6) is 1.93. The number of aromatic nitrogens is 2. The van der Waals surface area contributed by atoms with E-state index < -0.39 is 5.25 Å². The van der Waals surface area contributed by atoms with Crippen LogP contribution in [0.15, 0.2) is 4.34 Å². The molecule has 0 aromatic carbocycles. The van der Waals surface area contributed by atoms with Crippen molar-refractivity contribution in [2.45, 2.75) is 60.6 Å². The second-order valence-corrected chi connectivity index (χ2v) is 10.4. The first-order chi connectivity index (χ1) is 11.9. The van der Waals surface area contributed by atoms with Crippen molar-refractivity contribution >= 4 is 40.2 Å². The lowest BCUT2D eigenvalue weighted by Crippen LogP contribution is -2.62. The molecule has 4 fully saturated rings. The number of thioether (sulfide) groups is 1. The highest BCUT2D eigenvalue weighted by molar-refractivity contribution is 8.02. The molecule has 0 radical (unpaired) electrons. The van der Waals surface area contributed by atoms with Gasteiger partial charge in [-0.1, -0.05) is 23.1 Å². The summed E-state index contributed by atoms with van der Waals surface area (Å²) in [6.07, 6.45) is 7.15. The molecule has 7 nitrogen and oxygen atoms in total. The Balaban J connectivity index is 1.32. The smallest absolute Gasteiger partial charge is 0.321 e. The quantitative estimate of drug-likeness (QED) is 0.691. The van der Waals surface area contributed by atoms with Gasteiger partial charge in [-0.15, -0.1) is 10.2 Å². The van der Waals surface area contributed by atoms with Crippen molar-refractivity contribution < 1.29 is 9.59 Å². The number of hydrogen-bond acceptors (Lipinski definition) is 7. The topological polar surface area (TPSA) is 110 Å². The lowest BCUT2D eigenvalue weighted by atomic mass is 9.53. The van der Waals surface area contributed by atoms with E-state index >= 15 is 0 Å². The minimum Gasteiger partial charge on any atom is -0.374 e. The number of urea groups is 1. The maximum Gasteiger partial charge on any atom is 0.321 e. The van der Waals surface area contributed by atoms with Gasteiger partial charge >= 0.3 is 6.03 Å². The summed E-state index contributed by atoms with van der Waals surface area (Å²) in [6.45, 7) is 1.75. The average molecular weight is 382 g/mol. The SMILES string of the molecule is CC(Sc1nnc(N)s1)C(=O)NC(=O)NC12CC3CC(CC(C3)C1)C2. The van der Waals surface area contributed by atoms with Crippen LogP contribution in [0.25, 0.3) is 0 Å². The largest absolute Gasteiger partial charge is 0.374 e. The van der Waals surface area contributed by atoms with E-state index in [2.05, 4.69) is 20.8 Å². The van der Waals surface area contributed by atoms with Crippen LogP contribution in [0.3, 0.4) is 0 Å². The van der Waals surface area contributed by atoms with Crippen LogP contribution in [0.1, 0.15) is 45.4 Å². The Morgan fingerprint density at radius 3 is 2.32 bits per heavy atom. The number of nitrogen functional groups attached to an aromatic ring is 1. The first-order valence-corrected chi connectivity index (χ1v) is 10.5. The molecular weight excluding hydrogens is 358 g/mol. The summed E-state index contributed by atoms with van der Waals surface area (Å²) >= 11 is 2.49. The molecule has 4 bridgehead atoms. The zero-order valence-corrected chi connectivity index (χ0v) is 15.8. The Morgan fingerprint density at radius 2 is 1.80 bits per heavy atom. The van der Waals surface area contributed by atoms with Crippen molar-refractivity contribution in [3.05, 3.63) is 0 Å². The summed E-state index contributed by atoms with van der Waals surface area (Å²) in [7, 11) is 0. The lowest BCUT2D eigenvalue weighted by molar-refractivity contribution is -0.119. The van der Waals surface area contributed by atoms with E-state index in [-0.39, 0.29) is 17.5 Å². The minimum atomic E-state index is -0.436. The zero-order chi connectivity index (χ0) is 17.6. The van der Waals surface area contributed by atoms with Crippen molar-refractivity contribution in [1.82, 2.24) is 20.8 Å². The van der Waals surface area contributed by atoms with E-state index in [1.54, 1.807) is 6.92 Å². The second-order valence-electron chi connectivity index (χ2n) is 7.81. The fraction of sp³-hybridized carbons (Fsp3) is 0.750.